The van der Waals surface area contributed by atoms with E-state index < -0.39 is 11.7 Å². The van der Waals surface area contributed by atoms with Gasteiger partial charge in [0.05, 0.1) is 16.7 Å². The summed E-state index contributed by atoms with van der Waals surface area (Å²) < 4.78 is 14.8. The molecule has 1 aromatic heterocycles. The summed E-state index contributed by atoms with van der Waals surface area (Å²) in [6.07, 6.45) is 0. The zero-order valence-electron chi connectivity index (χ0n) is 15.3. The normalized spacial score (nSPS) is 15.0. The predicted molar refractivity (Wildman–Crippen MR) is 111 cm³/mol. The monoisotopic (exact) mass is 443 g/mol. The molecule has 0 saturated carbocycles. The number of piperazine rings is 1. The van der Waals surface area contributed by atoms with Gasteiger partial charge < -0.3 is 15.1 Å². The Morgan fingerprint density at radius 1 is 1.07 bits per heavy atom. The third-order valence-corrected chi connectivity index (χ3v) is 5.24. The number of likely N-dealkylation sites (N-methyl/N-ethyl adjacent to an activating group) is 1. The second-order valence-corrected chi connectivity index (χ2v) is 7.67. The Morgan fingerprint density at radius 2 is 1.75 bits per heavy atom. The van der Waals surface area contributed by atoms with Crippen LogP contribution in [0.4, 0.5) is 15.9 Å². The first-order chi connectivity index (χ1) is 13.5. The van der Waals surface area contributed by atoms with Gasteiger partial charge in [-0.25, -0.2) is 14.4 Å². The summed E-state index contributed by atoms with van der Waals surface area (Å²) in [7, 11) is 2.06. The largest absolute Gasteiger partial charge is 0.352 e. The van der Waals surface area contributed by atoms with Gasteiger partial charge >= 0.3 is 0 Å². The number of benzene rings is 2. The van der Waals surface area contributed by atoms with Crippen molar-refractivity contribution in [1.82, 2.24) is 14.9 Å². The number of nitrogens with zero attached hydrogens (tertiary/aromatic N) is 4. The van der Waals surface area contributed by atoms with Crippen LogP contribution in [0, 0.1) is 5.82 Å². The number of hydrogen-bond acceptors (Lipinski definition) is 5. The van der Waals surface area contributed by atoms with Gasteiger partial charge in [-0.2, -0.15) is 0 Å². The number of hydrogen-bond donors (Lipinski definition) is 1. The Balaban J connectivity index is 1.73. The van der Waals surface area contributed by atoms with Crippen molar-refractivity contribution in [3.8, 4) is 0 Å². The molecule has 1 aliphatic heterocycles. The molecule has 1 amide bonds. The smallest absolute Gasteiger partial charge is 0.278 e. The first kappa shape index (κ1) is 18.8. The molecule has 1 aliphatic rings. The molecule has 8 heteroatoms. The Hall–Kier alpha value is -2.58. The Labute approximate surface area is 170 Å². The highest BCUT2D eigenvalue weighted by Crippen LogP contribution is 2.24. The van der Waals surface area contributed by atoms with Crippen molar-refractivity contribution in [2.75, 3.05) is 43.4 Å². The molecule has 144 valence electrons. The summed E-state index contributed by atoms with van der Waals surface area (Å²) in [5.41, 5.74) is 1.66. The minimum atomic E-state index is -0.516. The summed E-state index contributed by atoms with van der Waals surface area (Å²) in [6, 6.07) is 11.9. The molecule has 0 atom stereocenters. The number of rotatable bonds is 3. The van der Waals surface area contributed by atoms with E-state index in [1.807, 2.05) is 24.3 Å². The van der Waals surface area contributed by atoms with Crippen molar-refractivity contribution < 1.29 is 9.18 Å². The van der Waals surface area contributed by atoms with Crippen LogP contribution in [0.25, 0.3) is 11.0 Å². The summed E-state index contributed by atoms with van der Waals surface area (Å²) in [5.74, 6) is -0.465. The van der Waals surface area contributed by atoms with Crippen molar-refractivity contribution in [2.45, 2.75) is 0 Å². The van der Waals surface area contributed by atoms with Crippen molar-refractivity contribution in [3.63, 3.8) is 0 Å². The molecule has 0 spiro atoms. The summed E-state index contributed by atoms with van der Waals surface area (Å²) in [5, 5.41) is 2.63. The van der Waals surface area contributed by atoms with E-state index in [4.69, 9.17) is 4.98 Å². The lowest BCUT2D eigenvalue weighted by atomic mass is 10.2. The van der Waals surface area contributed by atoms with Crippen LogP contribution in [0.1, 0.15) is 10.5 Å². The molecule has 0 bridgehead atoms. The van der Waals surface area contributed by atoms with Gasteiger partial charge in [0.1, 0.15) is 5.82 Å². The number of halogens is 2. The molecule has 3 aromatic rings. The number of anilines is 2. The van der Waals surface area contributed by atoms with Gasteiger partial charge in [-0.05, 0) is 37.4 Å². The highest BCUT2D eigenvalue weighted by atomic mass is 79.9. The van der Waals surface area contributed by atoms with E-state index in [-0.39, 0.29) is 11.4 Å². The van der Waals surface area contributed by atoms with Crippen LogP contribution in [-0.4, -0.2) is 54.0 Å². The fourth-order valence-corrected chi connectivity index (χ4v) is 3.49. The number of carbonyl (C=O) groups is 1. The van der Waals surface area contributed by atoms with Crippen LogP contribution >= 0.6 is 15.9 Å². The molecule has 0 aliphatic carbocycles. The number of amides is 1. The van der Waals surface area contributed by atoms with Gasteiger partial charge in [0.2, 0.25) is 0 Å². The van der Waals surface area contributed by atoms with Crippen LogP contribution in [0.15, 0.2) is 46.9 Å². The second-order valence-electron chi connectivity index (χ2n) is 6.75. The molecule has 1 N–H and O–H groups in total. The number of aromatic nitrogens is 2. The predicted octanol–water partition coefficient (Wildman–Crippen LogP) is 3.54. The quantitative estimate of drug-likeness (QED) is 0.670. The minimum Gasteiger partial charge on any atom is -0.352 e. The summed E-state index contributed by atoms with van der Waals surface area (Å²) in [4.78, 5) is 26.5. The van der Waals surface area contributed by atoms with Crippen molar-refractivity contribution in [3.05, 3.63) is 58.4 Å². The first-order valence-electron chi connectivity index (χ1n) is 8.98. The van der Waals surface area contributed by atoms with Crippen LogP contribution in [0.3, 0.4) is 0 Å². The van der Waals surface area contributed by atoms with E-state index in [1.54, 1.807) is 6.07 Å². The Bertz CT molecular complexity index is 1040. The zero-order valence-corrected chi connectivity index (χ0v) is 16.9. The van der Waals surface area contributed by atoms with E-state index in [0.717, 1.165) is 31.7 Å². The Kier molecular flexibility index (Phi) is 5.23. The highest BCUT2D eigenvalue weighted by Gasteiger charge is 2.24. The maximum absolute atomic E-state index is 14.2. The molecule has 2 heterocycles. The van der Waals surface area contributed by atoms with Gasteiger partial charge in [-0.15, -0.1) is 0 Å². The first-order valence-corrected chi connectivity index (χ1v) is 9.77. The molecule has 0 unspecified atom stereocenters. The number of nitrogens with one attached hydrogen (secondary N) is 1. The van der Waals surface area contributed by atoms with Crippen LogP contribution in [-0.2, 0) is 0 Å². The van der Waals surface area contributed by atoms with Crippen molar-refractivity contribution >= 4 is 44.4 Å². The third kappa shape index (κ3) is 3.83. The average molecular weight is 444 g/mol. The molecule has 4 rings (SSSR count). The molecule has 2 aromatic carbocycles. The number of fused-ring (bicyclic) bond motifs is 1. The van der Waals surface area contributed by atoms with Crippen LogP contribution in [0.5, 0.6) is 0 Å². The fourth-order valence-electron chi connectivity index (χ4n) is 3.15. The topological polar surface area (TPSA) is 61.4 Å². The lowest BCUT2D eigenvalue weighted by Gasteiger charge is -2.33. The summed E-state index contributed by atoms with van der Waals surface area (Å²) >= 11 is 3.22. The zero-order chi connectivity index (χ0) is 19.7. The molecule has 28 heavy (non-hydrogen) atoms. The van der Waals surface area contributed by atoms with Crippen molar-refractivity contribution in [1.29, 1.82) is 0 Å². The molecule has 0 radical (unpaired) electrons. The van der Waals surface area contributed by atoms with E-state index in [9.17, 15) is 9.18 Å². The second kappa shape index (κ2) is 7.81. The van der Waals surface area contributed by atoms with E-state index >= 15 is 0 Å². The maximum Gasteiger partial charge on any atom is 0.278 e. The van der Waals surface area contributed by atoms with Gasteiger partial charge in [0.15, 0.2) is 11.5 Å². The molecular weight excluding hydrogens is 425 g/mol. The molecular formula is C20H19BrFN5O. The maximum atomic E-state index is 14.2. The third-order valence-electron chi connectivity index (χ3n) is 4.75. The number of para-hydroxylation sites is 2. The van der Waals surface area contributed by atoms with Crippen molar-refractivity contribution in [2.24, 2.45) is 0 Å². The van der Waals surface area contributed by atoms with E-state index in [1.165, 1.54) is 12.1 Å². The number of carbonyl (C=O) groups excluding carboxylic acids is 1. The molecule has 1 fully saturated rings. The van der Waals surface area contributed by atoms with Crippen LogP contribution in [0.2, 0.25) is 0 Å². The fraction of sp³-hybridized carbons (Fsp3) is 0.250. The summed E-state index contributed by atoms with van der Waals surface area (Å²) in [6.45, 7) is 3.24. The van der Waals surface area contributed by atoms with Crippen LogP contribution < -0.4 is 10.2 Å². The van der Waals surface area contributed by atoms with Gasteiger partial charge in [-0.1, -0.05) is 28.1 Å². The average Bonchev–Trinajstić information content (AvgIpc) is 2.69. The Morgan fingerprint density at radius 3 is 2.43 bits per heavy atom. The molecule has 6 nitrogen and oxygen atoms in total. The van der Waals surface area contributed by atoms with Gasteiger partial charge in [0.25, 0.3) is 5.91 Å². The lowest BCUT2D eigenvalue weighted by Crippen LogP contribution is -2.45. The van der Waals surface area contributed by atoms with E-state index in [0.29, 0.717) is 15.8 Å². The molecule has 1 saturated heterocycles. The lowest BCUT2D eigenvalue weighted by molar-refractivity contribution is 0.102. The van der Waals surface area contributed by atoms with Gasteiger partial charge in [-0.3, -0.25) is 4.79 Å². The SMILES string of the molecule is CN1CCN(c2nc3ccccc3nc2C(=O)Nc2ccc(Br)cc2F)CC1. The highest BCUT2D eigenvalue weighted by molar-refractivity contribution is 9.10. The minimum absolute atomic E-state index is 0.104. The van der Waals surface area contributed by atoms with Gasteiger partial charge in [0, 0.05) is 30.7 Å². The van der Waals surface area contributed by atoms with E-state index in [2.05, 4.69) is 43.1 Å². The standard InChI is InChI=1S/C20H19BrFN5O/c1-26-8-10-27(11-9-26)19-18(23-16-4-2-3-5-17(16)24-19)20(28)25-15-7-6-13(21)12-14(15)22/h2-7,12H,8-11H2,1H3,(H,25,28).